The molecule has 0 radical (unpaired) electrons. The molecule has 2 heterocycles. The number of carbonyl (C=O) groups is 1. The molecule has 1 aromatic carbocycles. The minimum atomic E-state index is -0.0207. The van der Waals surface area contributed by atoms with E-state index in [1.165, 1.54) is 24.2 Å². The Balaban J connectivity index is 1.46. The largest absolute Gasteiger partial charge is 0.302 e. The van der Waals surface area contributed by atoms with E-state index in [0.717, 1.165) is 36.8 Å². The highest BCUT2D eigenvalue weighted by molar-refractivity contribution is 7.13. The van der Waals surface area contributed by atoms with Gasteiger partial charge in [0.05, 0.1) is 5.69 Å². The van der Waals surface area contributed by atoms with E-state index in [1.54, 1.807) is 0 Å². The van der Waals surface area contributed by atoms with E-state index >= 15 is 0 Å². The normalized spacial score (nSPS) is 16.1. The predicted octanol–water partition coefficient (Wildman–Crippen LogP) is 4.60. The summed E-state index contributed by atoms with van der Waals surface area (Å²) < 4.78 is 0. The first kappa shape index (κ1) is 18.4. The SMILES string of the molecule is CC1CCN(Cc2csc(NC(=O)CCc3ccccc3Cl)n2)CC1. The lowest BCUT2D eigenvalue weighted by Crippen LogP contribution is -2.32. The van der Waals surface area contributed by atoms with Crippen LogP contribution in [0.15, 0.2) is 29.6 Å². The van der Waals surface area contributed by atoms with Gasteiger partial charge in [-0.3, -0.25) is 9.69 Å². The lowest BCUT2D eigenvalue weighted by molar-refractivity contribution is -0.116. The van der Waals surface area contributed by atoms with E-state index in [0.29, 0.717) is 23.0 Å². The van der Waals surface area contributed by atoms with Crippen LogP contribution in [0.1, 0.15) is 37.4 Å². The van der Waals surface area contributed by atoms with Crippen LogP contribution in [0.3, 0.4) is 0 Å². The summed E-state index contributed by atoms with van der Waals surface area (Å²) in [5.41, 5.74) is 2.04. The van der Waals surface area contributed by atoms with Crippen molar-refractivity contribution < 1.29 is 4.79 Å². The average molecular weight is 378 g/mol. The van der Waals surface area contributed by atoms with Gasteiger partial charge in [-0.1, -0.05) is 36.7 Å². The van der Waals surface area contributed by atoms with Gasteiger partial charge in [-0.15, -0.1) is 11.3 Å². The zero-order valence-corrected chi connectivity index (χ0v) is 16.1. The van der Waals surface area contributed by atoms with Crippen molar-refractivity contribution in [2.45, 2.75) is 39.2 Å². The fraction of sp³-hybridized carbons (Fsp3) is 0.474. The Kier molecular flexibility index (Phi) is 6.45. The fourth-order valence-corrected chi connectivity index (χ4v) is 3.97. The van der Waals surface area contributed by atoms with Crippen LogP contribution in [0.4, 0.5) is 5.13 Å². The molecule has 0 spiro atoms. The van der Waals surface area contributed by atoms with Crippen LogP contribution in [-0.4, -0.2) is 28.9 Å². The highest BCUT2D eigenvalue weighted by Crippen LogP contribution is 2.21. The van der Waals surface area contributed by atoms with Crippen LogP contribution in [0.2, 0.25) is 5.02 Å². The van der Waals surface area contributed by atoms with E-state index in [2.05, 4.69) is 22.1 Å². The standard InChI is InChI=1S/C19H24ClN3OS/c1-14-8-10-23(11-9-14)12-16-13-25-19(21-16)22-18(24)7-6-15-4-2-3-5-17(15)20/h2-5,13-14H,6-12H2,1H3,(H,21,22,24). The van der Waals surface area contributed by atoms with Crippen molar-refractivity contribution in [1.29, 1.82) is 0 Å². The Labute approximate surface area is 158 Å². The highest BCUT2D eigenvalue weighted by atomic mass is 35.5. The molecule has 134 valence electrons. The summed E-state index contributed by atoms with van der Waals surface area (Å²) in [6.45, 7) is 5.46. The van der Waals surface area contributed by atoms with Crippen molar-refractivity contribution in [2.24, 2.45) is 5.92 Å². The zero-order valence-electron chi connectivity index (χ0n) is 14.5. The Hall–Kier alpha value is -1.43. The predicted molar refractivity (Wildman–Crippen MR) is 104 cm³/mol. The van der Waals surface area contributed by atoms with E-state index < -0.39 is 0 Å². The number of likely N-dealkylation sites (tertiary alicyclic amines) is 1. The number of halogens is 1. The molecule has 0 atom stereocenters. The molecule has 0 bridgehead atoms. The highest BCUT2D eigenvalue weighted by Gasteiger charge is 2.17. The van der Waals surface area contributed by atoms with E-state index in [9.17, 15) is 4.79 Å². The molecule has 1 saturated heterocycles. The van der Waals surface area contributed by atoms with Crippen molar-refractivity contribution in [3.8, 4) is 0 Å². The number of amides is 1. The van der Waals surface area contributed by atoms with Gasteiger partial charge in [-0.05, 0) is 49.9 Å². The molecule has 6 heteroatoms. The second-order valence-corrected chi connectivity index (χ2v) is 8.01. The molecule has 0 unspecified atom stereocenters. The second kappa shape index (κ2) is 8.79. The Morgan fingerprint density at radius 1 is 1.36 bits per heavy atom. The number of aromatic nitrogens is 1. The summed E-state index contributed by atoms with van der Waals surface area (Å²) in [5, 5.41) is 6.34. The first-order valence-electron chi connectivity index (χ1n) is 8.80. The maximum Gasteiger partial charge on any atom is 0.226 e. The minimum absolute atomic E-state index is 0.0207. The Morgan fingerprint density at radius 2 is 2.12 bits per heavy atom. The van der Waals surface area contributed by atoms with Crippen LogP contribution in [-0.2, 0) is 17.8 Å². The zero-order chi connectivity index (χ0) is 17.6. The molecular formula is C19H24ClN3OS. The maximum absolute atomic E-state index is 12.1. The first-order chi connectivity index (χ1) is 12.1. The molecule has 1 aliphatic heterocycles. The first-order valence-corrected chi connectivity index (χ1v) is 10.1. The number of nitrogens with zero attached hydrogens (tertiary/aromatic N) is 2. The van der Waals surface area contributed by atoms with Gasteiger partial charge in [0.1, 0.15) is 0 Å². The van der Waals surface area contributed by atoms with E-state index in [1.807, 2.05) is 29.6 Å². The van der Waals surface area contributed by atoms with Crippen LogP contribution in [0, 0.1) is 5.92 Å². The summed E-state index contributed by atoms with van der Waals surface area (Å²) in [5.74, 6) is 0.812. The molecule has 1 aromatic heterocycles. The number of carbonyl (C=O) groups excluding carboxylic acids is 1. The van der Waals surface area contributed by atoms with Crippen molar-refractivity contribution in [1.82, 2.24) is 9.88 Å². The summed E-state index contributed by atoms with van der Waals surface area (Å²) in [6.07, 6.45) is 3.56. The van der Waals surface area contributed by atoms with Crippen molar-refractivity contribution in [2.75, 3.05) is 18.4 Å². The summed E-state index contributed by atoms with van der Waals surface area (Å²) in [6, 6.07) is 7.64. The van der Waals surface area contributed by atoms with Crippen LogP contribution >= 0.6 is 22.9 Å². The Bertz CT molecular complexity index is 710. The van der Waals surface area contributed by atoms with Gasteiger partial charge < -0.3 is 5.32 Å². The smallest absolute Gasteiger partial charge is 0.226 e. The van der Waals surface area contributed by atoms with Crippen molar-refractivity contribution in [3.05, 3.63) is 45.9 Å². The molecule has 1 aliphatic rings. The van der Waals surface area contributed by atoms with Gasteiger partial charge in [0.25, 0.3) is 0 Å². The average Bonchev–Trinajstić information content (AvgIpc) is 3.03. The number of nitrogens with one attached hydrogen (secondary N) is 1. The number of rotatable bonds is 6. The molecule has 0 aliphatic carbocycles. The van der Waals surface area contributed by atoms with Crippen LogP contribution in [0.25, 0.3) is 0 Å². The molecule has 1 N–H and O–H groups in total. The topological polar surface area (TPSA) is 45.2 Å². The third-order valence-electron chi connectivity index (χ3n) is 4.64. The third kappa shape index (κ3) is 5.53. The third-order valence-corrected chi connectivity index (χ3v) is 5.81. The molecule has 2 aromatic rings. The summed E-state index contributed by atoms with van der Waals surface area (Å²) in [4.78, 5) is 19.1. The molecule has 4 nitrogen and oxygen atoms in total. The number of hydrogen-bond donors (Lipinski definition) is 1. The van der Waals surface area contributed by atoms with Crippen molar-refractivity contribution in [3.63, 3.8) is 0 Å². The number of benzene rings is 1. The number of thiazole rings is 1. The molecule has 25 heavy (non-hydrogen) atoms. The maximum atomic E-state index is 12.1. The van der Waals surface area contributed by atoms with Crippen LogP contribution < -0.4 is 5.32 Å². The number of aryl methyl sites for hydroxylation is 1. The number of piperidine rings is 1. The fourth-order valence-electron chi connectivity index (χ4n) is 3.02. The van der Waals surface area contributed by atoms with Crippen molar-refractivity contribution >= 4 is 34.0 Å². The summed E-state index contributed by atoms with van der Waals surface area (Å²) >= 11 is 7.62. The molecular weight excluding hydrogens is 354 g/mol. The minimum Gasteiger partial charge on any atom is -0.302 e. The van der Waals surface area contributed by atoms with E-state index in [-0.39, 0.29) is 5.91 Å². The quantitative estimate of drug-likeness (QED) is 0.800. The van der Waals surface area contributed by atoms with Gasteiger partial charge in [-0.25, -0.2) is 4.98 Å². The summed E-state index contributed by atoms with van der Waals surface area (Å²) in [7, 11) is 0. The second-order valence-electron chi connectivity index (χ2n) is 6.74. The number of anilines is 1. The molecule has 0 saturated carbocycles. The Morgan fingerprint density at radius 3 is 2.88 bits per heavy atom. The van der Waals surface area contributed by atoms with Gasteiger partial charge in [0, 0.05) is 23.4 Å². The van der Waals surface area contributed by atoms with Crippen LogP contribution in [0.5, 0.6) is 0 Å². The van der Waals surface area contributed by atoms with Gasteiger partial charge in [0.2, 0.25) is 5.91 Å². The van der Waals surface area contributed by atoms with Gasteiger partial charge in [0.15, 0.2) is 5.13 Å². The molecule has 1 fully saturated rings. The van der Waals surface area contributed by atoms with Gasteiger partial charge >= 0.3 is 0 Å². The van der Waals surface area contributed by atoms with Gasteiger partial charge in [-0.2, -0.15) is 0 Å². The lowest BCUT2D eigenvalue weighted by Gasteiger charge is -2.29. The molecule has 3 rings (SSSR count). The monoisotopic (exact) mass is 377 g/mol. The lowest BCUT2D eigenvalue weighted by atomic mass is 9.99. The van der Waals surface area contributed by atoms with E-state index in [4.69, 9.17) is 11.6 Å². The molecule has 1 amide bonds. The number of hydrogen-bond acceptors (Lipinski definition) is 4.